The van der Waals surface area contributed by atoms with Crippen LogP contribution in [0.15, 0.2) is 12.1 Å². The van der Waals surface area contributed by atoms with Crippen LogP contribution in [0.5, 0.6) is 11.5 Å². The Labute approximate surface area is 145 Å². The lowest BCUT2D eigenvalue weighted by molar-refractivity contribution is -0.122. The fourth-order valence-corrected chi connectivity index (χ4v) is 2.90. The molecule has 1 saturated heterocycles. The van der Waals surface area contributed by atoms with Gasteiger partial charge in [0.15, 0.2) is 11.5 Å². The van der Waals surface area contributed by atoms with Crippen LogP contribution in [0.1, 0.15) is 12.0 Å². The van der Waals surface area contributed by atoms with E-state index < -0.39 is 6.10 Å². The summed E-state index contributed by atoms with van der Waals surface area (Å²) in [5.74, 6) is 1.05. The maximum absolute atomic E-state index is 12.2. The first-order chi connectivity index (χ1) is 10.6. The molecule has 3 N–H and O–H groups in total. The normalized spacial score (nSPS) is 22.9. The first-order valence-corrected chi connectivity index (χ1v) is 7.77. The Morgan fingerprint density at radius 1 is 1.35 bits per heavy atom. The molecule has 6 nitrogen and oxygen atoms in total. The molecule has 0 unspecified atom stereocenters. The third-order valence-electron chi connectivity index (χ3n) is 3.86. The molecule has 0 aromatic heterocycles. The first-order valence-electron chi connectivity index (χ1n) is 7.39. The summed E-state index contributed by atoms with van der Waals surface area (Å²) < 4.78 is 11.0. The number of aliphatic hydroxyl groups is 1. The zero-order chi connectivity index (χ0) is 15.5. The summed E-state index contributed by atoms with van der Waals surface area (Å²) in [6, 6.07) is 3.21. The molecule has 0 bridgehead atoms. The molecule has 23 heavy (non-hydrogen) atoms. The highest BCUT2D eigenvalue weighted by atomic mass is 35.5. The number of halogens is 2. The maximum Gasteiger partial charge on any atom is 0.224 e. The lowest BCUT2D eigenvalue weighted by atomic mass is 10.0. The van der Waals surface area contributed by atoms with E-state index in [-0.39, 0.29) is 30.8 Å². The van der Waals surface area contributed by atoms with Crippen molar-refractivity contribution in [3.8, 4) is 11.5 Å². The minimum atomic E-state index is -0.562. The maximum atomic E-state index is 12.2. The first kappa shape index (κ1) is 18.1. The SMILES string of the molecule is Cl.O=C(Cc1cc2c(cc1Cl)OCCO2)N[C@@H]1CCNC[C@H]1O. The number of benzene rings is 1. The van der Waals surface area contributed by atoms with Crippen LogP contribution in [0, 0.1) is 0 Å². The summed E-state index contributed by atoms with van der Waals surface area (Å²) in [6.07, 6.45) is 0.293. The van der Waals surface area contributed by atoms with Gasteiger partial charge in [-0.05, 0) is 24.6 Å². The molecule has 0 spiro atoms. The summed E-state index contributed by atoms with van der Waals surface area (Å²) in [5.41, 5.74) is 0.687. The highest BCUT2D eigenvalue weighted by Crippen LogP contribution is 2.35. The van der Waals surface area contributed by atoms with Crippen molar-refractivity contribution in [1.29, 1.82) is 0 Å². The van der Waals surface area contributed by atoms with Gasteiger partial charge in [0.25, 0.3) is 0 Å². The van der Waals surface area contributed by atoms with Gasteiger partial charge < -0.3 is 25.2 Å². The quantitative estimate of drug-likeness (QED) is 0.744. The van der Waals surface area contributed by atoms with Crippen molar-refractivity contribution >= 4 is 29.9 Å². The second-order valence-electron chi connectivity index (χ2n) is 5.50. The monoisotopic (exact) mass is 362 g/mol. The largest absolute Gasteiger partial charge is 0.486 e. The van der Waals surface area contributed by atoms with Crippen molar-refractivity contribution < 1.29 is 19.4 Å². The van der Waals surface area contributed by atoms with Crippen LogP contribution >= 0.6 is 24.0 Å². The Morgan fingerprint density at radius 3 is 2.74 bits per heavy atom. The molecule has 0 aliphatic carbocycles. The number of β-amino-alcohol motifs (C(OH)–C–C–N with tert-alkyl or cyclic N) is 1. The molecule has 2 aliphatic heterocycles. The van der Waals surface area contributed by atoms with Crippen molar-refractivity contribution in [1.82, 2.24) is 10.6 Å². The zero-order valence-electron chi connectivity index (χ0n) is 12.5. The average Bonchev–Trinajstić information content (AvgIpc) is 2.50. The highest BCUT2D eigenvalue weighted by Gasteiger charge is 2.25. The number of carbonyl (C=O) groups excluding carboxylic acids is 1. The lowest BCUT2D eigenvalue weighted by Gasteiger charge is -2.29. The third-order valence-corrected chi connectivity index (χ3v) is 4.21. The van der Waals surface area contributed by atoms with Gasteiger partial charge in [0.1, 0.15) is 13.2 Å². The predicted octanol–water partition coefficient (Wildman–Crippen LogP) is 0.914. The molecule has 1 aromatic rings. The molecule has 0 radical (unpaired) electrons. The van der Waals surface area contributed by atoms with Gasteiger partial charge in [-0.15, -0.1) is 12.4 Å². The van der Waals surface area contributed by atoms with E-state index in [0.29, 0.717) is 48.3 Å². The molecular formula is C15H20Cl2N2O4. The Morgan fingerprint density at radius 2 is 2.04 bits per heavy atom. The predicted molar refractivity (Wildman–Crippen MR) is 88.8 cm³/mol. The van der Waals surface area contributed by atoms with Crippen molar-refractivity contribution in [2.45, 2.75) is 25.0 Å². The number of rotatable bonds is 3. The Balaban J connectivity index is 0.00000192. The van der Waals surface area contributed by atoms with Crippen LogP contribution in [0.4, 0.5) is 0 Å². The zero-order valence-corrected chi connectivity index (χ0v) is 14.1. The van der Waals surface area contributed by atoms with Crippen molar-refractivity contribution in [2.24, 2.45) is 0 Å². The smallest absolute Gasteiger partial charge is 0.224 e. The Hall–Kier alpha value is -1.21. The number of carbonyl (C=O) groups is 1. The minimum absolute atomic E-state index is 0. The number of nitrogens with one attached hydrogen (secondary N) is 2. The van der Waals surface area contributed by atoms with E-state index in [1.807, 2.05) is 0 Å². The van der Waals surface area contributed by atoms with Crippen molar-refractivity contribution in [2.75, 3.05) is 26.3 Å². The fourth-order valence-electron chi connectivity index (χ4n) is 2.68. The number of hydrogen-bond acceptors (Lipinski definition) is 5. The molecule has 2 aliphatic rings. The standard InChI is InChI=1S/C15H19ClN2O4.ClH/c16-10-7-14-13(21-3-4-22-14)5-9(10)6-15(20)18-11-1-2-17-8-12(11)19;/h5,7,11-12,17,19H,1-4,6,8H2,(H,18,20);1H/t11-,12-;/m1./s1. The van der Waals surface area contributed by atoms with E-state index >= 15 is 0 Å². The van der Waals surface area contributed by atoms with Gasteiger partial charge in [0.2, 0.25) is 5.91 Å². The van der Waals surface area contributed by atoms with Gasteiger partial charge in [-0.3, -0.25) is 4.79 Å². The van der Waals surface area contributed by atoms with Crippen LogP contribution in [0.2, 0.25) is 5.02 Å². The molecule has 1 fully saturated rings. The topological polar surface area (TPSA) is 79.8 Å². The number of amides is 1. The number of fused-ring (bicyclic) bond motifs is 1. The van der Waals surface area contributed by atoms with Crippen LogP contribution in [0.25, 0.3) is 0 Å². The Bertz CT molecular complexity index is 571. The highest BCUT2D eigenvalue weighted by molar-refractivity contribution is 6.31. The number of ether oxygens (including phenoxy) is 2. The average molecular weight is 363 g/mol. The van der Waals surface area contributed by atoms with E-state index in [9.17, 15) is 9.90 Å². The van der Waals surface area contributed by atoms with E-state index in [1.165, 1.54) is 0 Å². The van der Waals surface area contributed by atoms with Gasteiger partial charge in [-0.2, -0.15) is 0 Å². The van der Waals surface area contributed by atoms with Crippen LogP contribution in [-0.4, -0.2) is 49.5 Å². The van der Waals surface area contributed by atoms with E-state index in [2.05, 4.69) is 10.6 Å². The van der Waals surface area contributed by atoms with Crippen molar-refractivity contribution in [3.63, 3.8) is 0 Å². The molecule has 3 rings (SSSR count). The van der Waals surface area contributed by atoms with E-state index in [1.54, 1.807) is 12.1 Å². The molecular weight excluding hydrogens is 343 g/mol. The summed E-state index contributed by atoms with van der Waals surface area (Å²) in [5, 5.41) is 16.3. The summed E-state index contributed by atoms with van der Waals surface area (Å²) >= 11 is 6.20. The van der Waals surface area contributed by atoms with E-state index in [4.69, 9.17) is 21.1 Å². The van der Waals surface area contributed by atoms with E-state index in [0.717, 1.165) is 6.54 Å². The lowest BCUT2D eigenvalue weighted by Crippen LogP contribution is -2.52. The second-order valence-corrected chi connectivity index (χ2v) is 5.91. The minimum Gasteiger partial charge on any atom is -0.486 e. The molecule has 8 heteroatoms. The second kappa shape index (κ2) is 8.06. The van der Waals surface area contributed by atoms with Gasteiger partial charge in [0, 0.05) is 17.6 Å². The number of aliphatic hydroxyl groups excluding tert-OH is 1. The third kappa shape index (κ3) is 4.41. The van der Waals surface area contributed by atoms with Gasteiger partial charge >= 0.3 is 0 Å². The van der Waals surface area contributed by atoms with Gasteiger partial charge in [0.05, 0.1) is 18.6 Å². The number of piperidine rings is 1. The summed E-state index contributed by atoms with van der Waals surface area (Å²) in [6.45, 7) is 2.26. The fraction of sp³-hybridized carbons (Fsp3) is 0.533. The van der Waals surface area contributed by atoms with Crippen molar-refractivity contribution in [3.05, 3.63) is 22.7 Å². The molecule has 2 heterocycles. The van der Waals surface area contributed by atoms with Crippen LogP contribution in [0.3, 0.4) is 0 Å². The molecule has 1 aromatic carbocycles. The molecule has 128 valence electrons. The molecule has 0 saturated carbocycles. The molecule has 2 atom stereocenters. The summed E-state index contributed by atoms with van der Waals surface area (Å²) in [4.78, 5) is 12.2. The number of hydrogen-bond donors (Lipinski definition) is 3. The molecule has 1 amide bonds. The van der Waals surface area contributed by atoms with Gasteiger partial charge in [-0.1, -0.05) is 11.6 Å². The van der Waals surface area contributed by atoms with Crippen LogP contribution < -0.4 is 20.1 Å². The van der Waals surface area contributed by atoms with Crippen LogP contribution in [-0.2, 0) is 11.2 Å². The Kier molecular flexibility index (Phi) is 6.35. The van der Waals surface area contributed by atoms with Gasteiger partial charge in [-0.25, -0.2) is 0 Å². The summed E-state index contributed by atoms with van der Waals surface area (Å²) in [7, 11) is 0.